The Balaban J connectivity index is 1.49. The van der Waals surface area contributed by atoms with Gasteiger partial charge in [-0.2, -0.15) is 0 Å². The third kappa shape index (κ3) is 2.34. The molecule has 2 aromatic rings. The highest BCUT2D eigenvalue weighted by Crippen LogP contribution is 2.35. The summed E-state index contributed by atoms with van der Waals surface area (Å²) in [5.41, 5.74) is 1.28. The van der Waals surface area contributed by atoms with Crippen molar-refractivity contribution in [2.75, 3.05) is 24.5 Å². The topological polar surface area (TPSA) is 79.3 Å². The van der Waals surface area contributed by atoms with Crippen molar-refractivity contribution in [3.63, 3.8) is 0 Å². The Morgan fingerprint density at radius 1 is 1.09 bits per heavy atom. The second kappa shape index (κ2) is 5.42. The number of rotatable bonds is 2. The number of aromatic nitrogens is 3. The van der Waals surface area contributed by atoms with E-state index in [0.29, 0.717) is 25.2 Å². The molecular formula is C16H15N5O2. The summed E-state index contributed by atoms with van der Waals surface area (Å²) in [6, 6.07) is 3.49. The maximum Gasteiger partial charge on any atom is 0.255 e. The van der Waals surface area contributed by atoms with Gasteiger partial charge in [0.15, 0.2) is 0 Å². The lowest BCUT2D eigenvalue weighted by atomic mass is 10.0. The van der Waals surface area contributed by atoms with E-state index in [1.54, 1.807) is 46.7 Å². The summed E-state index contributed by atoms with van der Waals surface area (Å²) < 4.78 is 0. The zero-order valence-corrected chi connectivity index (χ0v) is 12.4. The molecule has 2 aromatic heterocycles. The average molecular weight is 309 g/mol. The van der Waals surface area contributed by atoms with Gasteiger partial charge < -0.3 is 9.80 Å². The molecule has 7 nitrogen and oxygen atoms in total. The Morgan fingerprint density at radius 3 is 2.61 bits per heavy atom. The Kier molecular flexibility index (Phi) is 3.25. The van der Waals surface area contributed by atoms with Crippen LogP contribution in [0.15, 0.2) is 43.2 Å². The van der Waals surface area contributed by atoms with Gasteiger partial charge in [0, 0.05) is 37.9 Å². The molecule has 2 aliphatic heterocycles. The van der Waals surface area contributed by atoms with E-state index in [1.807, 2.05) is 0 Å². The minimum atomic E-state index is -0.143. The molecule has 2 aliphatic rings. The number of nitrogens with zero attached hydrogens (tertiary/aromatic N) is 5. The average Bonchev–Trinajstić information content (AvgIpc) is 3.16. The summed E-state index contributed by atoms with van der Waals surface area (Å²) in [6.07, 6.45) is 7.93. The van der Waals surface area contributed by atoms with E-state index in [1.165, 1.54) is 6.33 Å². The quantitative estimate of drug-likeness (QED) is 0.812. The molecule has 0 radical (unpaired) electrons. The lowest BCUT2D eigenvalue weighted by Gasteiger charge is -2.21. The molecule has 0 N–H and O–H groups in total. The van der Waals surface area contributed by atoms with Crippen LogP contribution in [0.25, 0.3) is 0 Å². The van der Waals surface area contributed by atoms with E-state index in [0.717, 1.165) is 5.69 Å². The largest absolute Gasteiger partial charge is 0.337 e. The van der Waals surface area contributed by atoms with Gasteiger partial charge in [0.2, 0.25) is 5.91 Å². The first kappa shape index (κ1) is 13.8. The minimum absolute atomic E-state index is 0.0475. The van der Waals surface area contributed by atoms with Gasteiger partial charge in [-0.1, -0.05) is 0 Å². The molecule has 2 saturated heterocycles. The number of pyridine rings is 1. The molecule has 2 atom stereocenters. The van der Waals surface area contributed by atoms with Crippen LogP contribution in [-0.4, -0.2) is 51.3 Å². The minimum Gasteiger partial charge on any atom is -0.337 e. The van der Waals surface area contributed by atoms with Crippen LogP contribution in [0, 0.1) is 11.8 Å². The van der Waals surface area contributed by atoms with Crippen molar-refractivity contribution in [1.29, 1.82) is 0 Å². The molecule has 0 aliphatic carbocycles. The number of carbonyl (C=O) groups excluding carboxylic acids is 2. The molecule has 2 amide bonds. The van der Waals surface area contributed by atoms with Gasteiger partial charge in [0.25, 0.3) is 5.91 Å². The summed E-state index contributed by atoms with van der Waals surface area (Å²) >= 11 is 0. The molecule has 0 saturated carbocycles. The van der Waals surface area contributed by atoms with Crippen molar-refractivity contribution in [1.82, 2.24) is 19.9 Å². The molecular weight excluding hydrogens is 294 g/mol. The van der Waals surface area contributed by atoms with Crippen molar-refractivity contribution in [3.8, 4) is 0 Å². The van der Waals surface area contributed by atoms with Crippen molar-refractivity contribution in [3.05, 3.63) is 48.8 Å². The second-order valence-electron chi connectivity index (χ2n) is 5.86. The highest BCUT2D eigenvalue weighted by atomic mass is 16.2. The fourth-order valence-corrected chi connectivity index (χ4v) is 3.36. The van der Waals surface area contributed by atoms with Gasteiger partial charge in [-0.05, 0) is 12.1 Å². The van der Waals surface area contributed by atoms with E-state index in [9.17, 15) is 9.59 Å². The fourth-order valence-electron chi connectivity index (χ4n) is 3.36. The van der Waals surface area contributed by atoms with Crippen LogP contribution in [0.4, 0.5) is 5.69 Å². The SMILES string of the molecule is O=C(c1cccnc1)N1C[C@H]2CN(c3cncnc3)C(=O)[C@H]2C1. The Hall–Kier alpha value is -2.83. The van der Waals surface area contributed by atoms with Gasteiger partial charge in [-0.3, -0.25) is 14.6 Å². The van der Waals surface area contributed by atoms with E-state index >= 15 is 0 Å². The number of amides is 2. The second-order valence-corrected chi connectivity index (χ2v) is 5.86. The summed E-state index contributed by atoms with van der Waals surface area (Å²) in [4.78, 5) is 40.5. The Bertz CT molecular complexity index is 737. The predicted molar refractivity (Wildman–Crippen MR) is 81.5 cm³/mol. The summed E-state index contributed by atoms with van der Waals surface area (Å²) in [5, 5.41) is 0. The van der Waals surface area contributed by atoms with Crippen LogP contribution in [0.3, 0.4) is 0 Å². The number of likely N-dealkylation sites (tertiary alicyclic amines) is 1. The van der Waals surface area contributed by atoms with Crippen LogP contribution in [-0.2, 0) is 4.79 Å². The van der Waals surface area contributed by atoms with E-state index < -0.39 is 0 Å². The number of hydrogen-bond donors (Lipinski definition) is 0. The first-order chi connectivity index (χ1) is 11.2. The zero-order chi connectivity index (χ0) is 15.8. The lowest BCUT2D eigenvalue weighted by Crippen LogP contribution is -2.35. The van der Waals surface area contributed by atoms with Crippen LogP contribution in [0.2, 0.25) is 0 Å². The molecule has 4 heterocycles. The number of anilines is 1. The van der Waals surface area contributed by atoms with Crippen LogP contribution in [0.1, 0.15) is 10.4 Å². The highest BCUT2D eigenvalue weighted by molar-refractivity contribution is 5.99. The summed E-state index contributed by atoms with van der Waals surface area (Å²) in [7, 11) is 0. The third-order valence-electron chi connectivity index (χ3n) is 4.50. The number of fused-ring (bicyclic) bond motifs is 1. The fraction of sp³-hybridized carbons (Fsp3) is 0.312. The lowest BCUT2D eigenvalue weighted by molar-refractivity contribution is -0.120. The smallest absolute Gasteiger partial charge is 0.255 e. The van der Waals surface area contributed by atoms with Gasteiger partial charge in [0.1, 0.15) is 6.33 Å². The van der Waals surface area contributed by atoms with Gasteiger partial charge >= 0.3 is 0 Å². The van der Waals surface area contributed by atoms with Crippen molar-refractivity contribution in [2.24, 2.45) is 11.8 Å². The predicted octanol–water partition coefficient (Wildman–Crippen LogP) is 0.607. The van der Waals surface area contributed by atoms with Gasteiger partial charge in [-0.15, -0.1) is 0 Å². The molecule has 0 spiro atoms. The van der Waals surface area contributed by atoms with Crippen LogP contribution < -0.4 is 4.90 Å². The normalized spacial score (nSPS) is 23.2. The number of carbonyl (C=O) groups is 2. The van der Waals surface area contributed by atoms with Crippen molar-refractivity contribution < 1.29 is 9.59 Å². The molecule has 23 heavy (non-hydrogen) atoms. The standard InChI is InChI=1S/C16H15N5O2/c22-15(11-2-1-3-17-4-11)20-7-12-8-21(16(23)14(12)9-20)13-5-18-10-19-6-13/h1-6,10,12,14H,7-9H2/t12-,14-/m0/s1. The molecule has 0 aromatic carbocycles. The summed E-state index contributed by atoms with van der Waals surface area (Å²) in [6.45, 7) is 1.66. The zero-order valence-electron chi connectivity index (χ0n) is 12.4. The van der Waals surface area contributed by atoms with E-state index in [4.69, 9.17) is 0 Å². The molecule has 7 heteroatoms. The van der Waals surface area contributed by atoms with Crippen LogP contribution >= 0.6 is 0 Å². The van der Waals surface area contributed by atoms with E-state index in [-0.39, 0.29) is 23.7 Å². The maximum atomic E-state index is 12.6. The molecule has 4 rings (SSSR count). The Labute approximate surface area is 133 Å². The van der Waals surface area contributed by atoms with Crippen LogP contribution in [0.5, 0.6) is 0 Å². The molecule has 2 fully saturated rings. The first-order valence-corrected chi connectivity index (χ1v) is 7.50. The number of hydrogen-bond acceptors (Lipinski definition) is 5. The van der Waals surface area contributed by atoms with Crippen molar-refractivity contribution >= 4 is 17.5 Å². The summed E-state index contributed by atoms with van der Waals surface area (Å²) in [5.74, 6) is 0.000311. The third-order valence-corrected chi connectivity index (χ3v) is 4.50. The highest BCUT2D eigenvalue weighted by Gasteiger charge is 2.48. The van der Waals surface area contributed by atoms with Gasteiger partial charge in [-0.25, -0.2) is 9.97 Å². The molecule has 116 valence electrons. The molecule has 0 unspecified atom stereocenters. The van der Waals surface area contributed by atoms with Crippen molar-refractivity contribution in [2.45, 2.75) is 0 Å². The Morgan fingerprint density at radius 2 is 1.91 bits per heavy atom. The monoisotopic (exact) mass is 309 g/mol. The van der Waals surface area contributed by atoms with E-state index in [2.05, 4.69) is 15.0 Å². The van der Waals surface area contributed by atoms with Gasteiger partial charge in [0.05, 0.1) is 29.6 Å². The first-order valence-electron chi connectivity index (χ1n) is 7.50. The maximum absolute atomic E-state index is 12.6. The molecule has 0 bridgehead atoms.